The molecule has 9 heteroatoms. The van der Waals surface area contributed by atoms with Crippen LogP contribution in [0, 0.1) is 30.2 Å². The molecule has 0 saturated carbocycles. The van der Waals surface area contributed by atoms with Crippen molar-refractivity contribution in [3.8, 4) is 0 Å². The number of hydrogen-bond acceptors (Lipinski definition) is 3. The van der Waals surface area contributed by atoms with Gasteiger partial charge in [0.05, 0.1) is 11.7 Å². The summed E-state index contributed by atoms with van der Waals surface area (Å²) in [5, 5.41) is 2.88. The molecule has 156 valence electrons. The Morgan fingerprint density at radius 2 is 1.79 bits per heavy atom. The van der Waals surface area contributed by atoms with Gasteiger partial charge in [-0.3, -0.25) is 4.90 Å². The molecule has 3 rings (SSSR count). The molecule has 0 bridgehead atoms. The maximum atomic E-state index is 14.0. The highest BCUT2D eigenvalue weighted by Crippen LogP contribution is 2.34. The third kappa shape index (κ3) is 4.01. The number of benzene rings is 2. The Hall–Kier alpha value is -2.42. The average Bonchev–Trinajstić information content (AvgIpc) is 2.70. The minimum Gasteiger partial charge on any atom is -0.331 e. The fourth-order valence-electron chi connectivity index (χ4n) is 3.21. The van der Waals surface area contributed by atoms with Crippen molar-refractivity contribution in [2.24, 2.45) is 0 Å². The van der Waals surface area contributed by atoms with Crippen LogP contribution < -0.4 is 14.9 Å². The van der Waals surface area contributed by atoms with Gasteiger partial charge in [-0.1, -0.05) is 6.92 Å². The maximum absolute atomic E-state index is 14.0. The lowest BCUT2D eigenvalue weighted by Crippen LogP contribution is -2.46. The highest BCUT2D eigenvalue weighted by molar-refractivity contribution is 7.99. The number of carbonyl (C=O) groups excluding carboxylic acids is 1. The first-order chi connectivity index (χ1) is 13.8. The summed E-state index contributed by atoms with van der Waals surface area (Å²) in [6.07, 6.45) is 0.803. The molecular weight excluding hydrogens is 406 g/mol. The van der Waals surface area contributed by atoms with Gasteiger partial charge < -0.3 is 10.0 Å². The van der Waals surface area contributed by atoms with Gasteiger partial charge in [0.15, 0.2) is 23.3 Å². The number of carbonyl (C=O) groups is 1. The number of anilines is 2. The first-order valence-corrected chi connectivity index (χ1v) is 10.2. The lowest BCUT2D eigenvalue weighted by Gasteiger charge is -2.33. The molecule has 1 aliphatic rings. The van der Waals surface area contributed by atoms with Gasteiger partial charge in [-0.05, 0) is 50.4 Å². The van der Waals surface area contributed by atoms with Gasteiger partial charge in [0, 0.05) is 34.7 Å². The molecule has 0 radical (unpaired) electrons. The van der Waals surface area contributed by atoms with Gasteiger partial charge >= 0.3 is 6.03 Å². The summed E-state index contributed by atoms with van der Waals surface area (Å²) in [7, 11) is 0. The van der Waals surface area contributed by atoms with Crippen molar-refractivity contribution in [2.75, 3.05) is 16.2 Å². The second-order valence-corrected chi connectivity index (χ2v) is 7.63. The summed E-state index contributed by atoms with van der Waals surface area (Å²) in [4.78, 5) is 13.8. The number of nitrogens with zero attached hydrogens (tertiary/aromatic N) is 1. The largest absolute Gasteiger partial charge is 0.331 e. The summed E-state index contributed by atoms with van der Waals surface area (Å²) in [6.45, 7) is 5.41. The van der Waals surface area contributed by atoms with E-state index in [9.17, 15) is 22.4 Å². The molecular formula is C20H21F4N3OS. The predicted octanol–water partition coefficient (Wildman–Crippen LogP) is 5.81. The van der Waals surface area contributed by atoms with Crippen LogP contribution in [0.3, 0.4) is 0 Å². The van der Waals surface area contributed by atoms with Crippen LogP contribution in [0.25, 0.3) is 0 Å². The Morgan fingerprint density at radius 1 is 1.14 bits per heavy atom. The molecule has 2 aromatic rings. The quantitative estimate of drug-likeness (QED) is 0.347. The molecule has 1 aliphatic heterocycles. The van der Waals surface area contributed by atoms with Crippen LogP contribution in [-0.2, 0) is 5.75 Å². The Balaban J connectivity index is 1.77. The lowest BCUT2D eigenvalue weighted by molar-refractivity contribution is 0.241. The Bertz CT molecular complexity index is 925. The maximum Gasteiger partial charge on any atom is 0.322 e. The van der Waals surface area contributed by atoms with E-state index in [1.54, 1.807) is 17.0 Å². The number of fused-ring (bicyclic) bond motifs is 1. The number of hydrogen-bond donors (Lipinski definition) is 2. The van der Waals surface area contributed by atoms with E-state index >= 15 is 0 Å². The molecule has 0 fully saturated rings. The lowest BCUT2D eigenvalue weighted by atomic mass is 10.0. The monoisotopic (exact) mass is 427 g/mol. The van der Waals surface area contributed by atoms with Crippen LogP contribution in [0.4, 0.5) is 33.7 Å². The molecule has 1 heterocycles. The molecule has 2 amide bonds. The Morgan fingerprint density at radius 3 is 2.41 bits per heavy atom. The predicted molar refractivity (Wildman–Crippen MR) is 107 cm³/mol. The molecule has 1 atom stereocenters. The molecule has 1 unspecified atom stereocenters. The minimum atomic E-state index is -1.38. The number of amides is 2. The van der Waals surface area contributed by atoms with Gasteiger partial charge in [0.2, 0.25) is 0 Å². The van der Waals surface area contributed by atoms with Gasteiger partial charge in [0.25, 0.3) is 0 Å². The highest BCUT2D eigenvalue weighted by atomic mass is 32.2. The zero-order valence-corrected chi connectivity index (χ0v) is 17.0. The van der Waals surface area contributed by atoms with Crippen molar-refractivity contribution in [1.82, 2.24) is 5.32 Å². The van der Waals surface area contributed by atoms with Crippen LogP contribution in [0.2, 0.25) is 0 Å². The van der Waals surface area contributed by atoms with Crippen molar-refractivity contribution < 1.29 is 22.4 Å². The van der Waals surface area contributed by atoms with Crippen molar-refractivity contribution >= 4 is 29.4 Å². The third-order valence-electron chi connectivity index (χ3n) is 4.80. The zero-order chi connectivity index (χ0) is 21.3. The zero-order valence-electron chi connectivity index (χ0n) is 16.2. The fourth-order valence-corrected chi connectivity index (χ4v) is 3.98. The molecule has 29 heavy (non-hydrogen) atoms. The fraction of sp³-hybridized carbons (Fsp3) is 0.350. The smallest absolute Gasteiger partial charge is 0.322 e. The van der Waals surface area contributed by atoms with E-state index in [-0.39, 0.29) is 17.8 Å². The molecule has 0 spiro atoms. The highest BCUT2D eigenvalue weighted by Gasteiger charge is 2.28. The second-order valence-electron chi connectivity index (χ2n) is 6.85. The van der Waals surface area contributed by atoms with Gasteiger partial charge in [-0.2, -0.15) is 0 Å². The molecule has 2 aromatic carbocycles. The molecule has 2 N–H and O–H groups in total. The van der Waals surface area contributed by atoms with Crippen LogP contribution in [0.1, 0.15) is 43.0 Å². The number of nitrogens with one attached hydrogen (secondary N) is 2. The van der Waals surface area contributed by atoms with Gasteiger partial charge in [-0.25, -0.2) is 22.4 Å². The van der Waals surface area contributed by atoms with Crippen LogP contribution >= 0.6 is 11.9 Å². The Kier molecular flexibility index (Phi) is 6.26. The summed E-state index contributed by atoms with van der Waals surface area (Å²) < 4.78 is 58.3. The van der Waals surface area contributed by atoms with Crippen molar-refractivity contribution in [3.05, 3.63) is 58.2 Å². The van der Waals surface area contributed by atoms with E-state index in [1.165, 1.54) is 0 Å². The number of halogens is 4. The SMILES string of the molecule is CCCN1C(=O)NC(C)c2cc(NSCc3c(F)c(F)c(C)c(F)c3F)ccc21. The standard InChI is InChI=1S/C20H21F4N3OS/c1-4-7-27-15-6-5-12(8-13(15)11(3)25-20(27)28)26-29-9-14-18(23)16(21)10(2)17(22)19(14)24/h5-6,8,11,26H,4,7,9H2,1-3H3,(H,25,28). The molecule has 0 saturated heterocycles. The van der Waals surface area contributed by atoms with Crippen molar-refractivity contribution in [3.63, 3.8) is 0 Å². The number of rotatable bonds is 6. The summed E-state index contributed by atoms with van der Waals surface area (Å²) in [5.74, 6) is -5.83. The van der Waals surface area contributed by atoms with Gasteiger partial charge in [-0.15, -0.1) is 0 Å². The van der Waals surface area contributed by atoms with Crippen molar-refractivity contribution in [1.29, 1.82) is 0 Å². The summed E-state index contributed by atoms with van der Waals surface area (Å²) in [6, 6.07) is 5.01. The third-order valence-corrected chi connectivity index (χ3v) is 5.61. The normalized spacial score (nSPS) is 15.9. The van der Waals surface area contributed by atoms with Crippen LogP contribution in [0.15, 0.2) is 18.2 Å². The first-order valence-electron chi connectivity index (χ1n) is 9.17. The average molecular weight is 427 g/mol. The van der Waals surface area contributed by atoms with E-state index < -0.39 is 34.4 Å². The summed E-state index contributed by atoms with van der Waals surface area (Å²) in [5.41, 5.74) is 1.01. The van der Waals surface area contributed by atoms with E-state index in [0.717, 1.165) is 36.5 Å². The van der Waals surface area contributed by atoms with Gasteiger partial charge in [0.1, 0.15) is 0 Å². The minimum absolute atomic E-state index is 0.156. The van der Waals surface area contributed by atoms with E-state index in [2.05, 4.69) is 10.0 Å². The van der Waals surface area contributed by atoms with E-state index in [1.807, 2.05) is 19.9 Å². The first kappa shape index (κ1) is 21.3. The topological polar surface area (TPSA) is 44.4 Å². The number of urea groups is 1. The van der Waals surface area contributed by atoms with Crippen LogP contribution in [0.5, 0.6) is 0 Å². The van der Waals surface area contributed by atoms with E-state index in [0.29, 0.717) is 12.2 Å². The molecule has 0 aromatic heterocycles. The van der Waals surface area contributed by atoms with E-state index in [4.69, 9.17) is 0 Å². The Labute approximate surface area is 170 Å². The van der Waals surface area contributed by atoms with Crippen LogP contribution in [-0.4, -0.2) is 12.6 Å². The molecule has 0 aliphatic carbocycles. The second kappa shape index (κ2) is 8.52. The van der Waals surface area contributed by atoms with Crippen molar-refractivity contribution in [2.45, 2.75) is 39.0 Å². The molecule has 4 nitrogen and oxygen atoms in total. The summed E-state index contributed by atoms with van der Waals surface area (Å²) >= 11 is 0.910.